The molecule has 0 aliphatic heterocycles. The minimum absolute atomic E-state index is 0.0791. The summed E-state index contributed by atoms with van der Waals surface area (Å²) in [5.74, 6) is -0.782. The Morgan fingerprint density at radius 1 is 1.45 bits per heavy atom. The molecule has 0 fully saturated rings. The molecular formula is C13H14N2O3S2. The highest BCUT2D eigenvalue weighted by molar-refractivity contribution is 7.17. The number of Topliss-reactive ketones (excluding diaryl/α,β-unsaturated/α-hetero) is 1. The number of aryl methyl sites for hydroxylation is 1. The number of carbonyl (C=O) groups is 2. The van der Waals surface area contributed by atoms with Gasteiger partial charge in [0.15, 0.2) is 16.6 Å². The highest BCUT2D eigenvalue weighted by atomic mass is 32.1. The average Bonchev–Trinajstić information content (AvgIpc) is 3.01. The predicted octanol–water partition coefficient (Wildman–Crippen LogP) is 3.11. The summed E-state index contributed by atoms with van der Waals surface area (Å²) in [7, 11) is 1.27. The molecule has 5 nitrogen and oxygen atoms in total. The van der Waals surface area contributed by atoms with E-state index in [9.17, 15) is 9.59 Å². The van der Waals surface area contributed by atoms with Crippen LogP contribution in [0, 0.1) is 6.92 Å². The van der Waals surface area contributed by atoms with Crippen LogP contribution in [0.3, 0.4) is 0 Å². The Morgan fingerprint density at radius 3 is 2.75 bits per heavy atom. The van der Waals surface area contributed by atoms with E-state index in [2.05, 4.69) is 15.0 Å². The second-order valence-corrected chi connectivity index (χ2v) is 6.12. The number of ether oxygens (including phenoxy) is 1. The molecule has 0 aromatic carbocycles. The topological polar surface area (TPSA) is 68.3 Å². The smallest absolute Gasteiger partial charge is 0.358 e. The van der Waals surface area contributed by atoms with Crippen molar-refractivity contribution in [3.8, 4) is 0 Å². The Hall–Kier alpha value is -1.73. The fourth-order valence-electron chi connectivity index (χ4n) is 1.61. The molecule has 2 aromatic rings. The number of hydrogen-bond acceptors (Lipinski definition) is 7. The minimum atomic E-state index is -0.591. The molecule has 0 aliphatic rings. The summed E-state index contributed by atoms with van der Waals surface area (Å²) >= 11 is 2.82. The number of aromatic nitrogens is 1. The van der Waals surface area contributed by atoms with Gasteiger partial charge in [0.05, 0.1) is 13.7 Å². The Kier molecular flexibility index (Phi) is 4.51. The van der Waals surface area contributed by atoms with Gasteiger partial charge < -0.3 is 10.1 Å². The lowest BCUT2D eigenvalue weighted by atomic mass is 10.3. The SMILES string of the molecule is COC(=O)c1nc(NCc2sccc2C)sc1C(C)=O. The van der Waals surface area contributed by atoms with Crippen molar-refractivity contribution in [3.63, 3.8) is 0 Å². The van der Waals surface area contributed by atoms with Crippen LogP contribution in [0.25, 0.3) is 0 Å². The van der Waals surface area contributed by atoms with Gasteiger partial charge in [0.25, 0.3) is 0 Å². The zero-order valence-electron chi connectivity index (χ0n) is 11.4. The number of esters is 1. The molecule has 0 saturated carbocycles. The largest absolute Gasteiger partial charge is 0.464 e. The molecule has 20 heavy (non-hydrogen) atoms. The van der Waals surface area contributed by atoms with Gasteiger partial charge in [-0.05, 0) is 23.9 Å². The first kappa shape index (κ1) is 14.7. The van der Waals surface area contributed by atoms with Gasteiger partial charge in [-0.2, -0.15) is 0 Å². The van der Waals surface area contributed by atoms with Crippen LogP contribution in [0.4, 0.5) is 5.13 Å². The van der Waals surface area contributed by atoms with Crippen LogP contribution >= 0.6 is 22.7 Å². The van der Waals surface area contributed by atoms with E-state index in [1.165, 1.54) is 35.8 Å². The van der Waals surface area contributed by atoms with E-state index in [0.717, 1.165) is 0 Å². The van der Waals surface area contributed by atoms with Gasteiger partial charge in [0, 0.05) is 11.8 Å². The Bertz CT molecular complexity index is 646. The normalized spacial score (nSPS) is 10.3. The van der Waals surface area contributed by atoms with Crippen molar-refractivity contribution in [1.82, 2.24) is 4.98 Å². The molecule has 0 atom stereocenters. The molecule has 2 rings (SSSR count). The molecule has 1 N–H and O–H groups in total. The first-order valence-electron chi connectivity index (χ1n) is 5.90. The number of thiazole rings is 1. The highest BCUT2D eigenvalue weighted by Gasteiger charge is 2.21. The van der Waals surface area contributed by atoms with Gasteiger partial charge in [-0.15, -0.1) is 11.3 Å². The molecule has 0 saturated heterocycles. The highest BCUT2D eigenvalue weighted by Crippen LogP contribution is 2.25. The molecular weight excluding hydrogens is 296 g/mol. The standard InChI is InChI=1S/C13H14N2O3S2/c1-7-4-5-19-9(7)6-14-13-15-10(12(17)18-3)11(20-13)8(2)16/h4-5H,6H2,1-3H3,(H,14,15). The summed E-state index contributed by atoms with van der Waals surface area (Å²) in [5.41, 5.74) is 1.29. The number of ketones is 1. The van der Waals surface area contributed by atoms with Crippen molar-refractivity contribution >= 4 is 39.6 Å². The summed E-state index contributed by atoms with van der Waals surface area (Å²) in [5, 5.41) is 5.71. The fourth-order valence-corrected chi connectivity index (χ4v) is 3.30. The zero-order valence-corrected chi connectivity index (χ0v) is 13.0. The lowest BCUT2D eigenvalue weighted by molar-refractivity contribution is 0.0591. The third kappa shape index (κ3) is 3.05. The summed E-state index contributed by atoms with van der Waals surface area (Å²) in [4.78, 5) is 28.8. The summed E-state index contributed by atoms with van der Waals surface area (Å²) in [6, 6.07) is 2.05. The molecule has 0 aliphatic carbocycles. The number of rotatable bonds is 5. The van der Waals surface area contributed by atoms with Crippen molar-refractivity contribution in [2.24, 2.45) is 0 Å². The Balaban J connectivity index is 2.19. The summed E-state index contributed by atoms with van der Waals surface area (Å²) < 4.78 is 4.64. The second-order valence-electron chi connectivity index (χ2n) is 4.12. The molecule has 0 bridgehead atoms. The van der Waals surface area contributed by atoms with Crippen molar-refractivity contribution in [2.45, 2.75) is 20.4 Å². The van der Waals surface area contributed by atoms with E-state index in [0.29, 0.717) is 16.6 Å². The quantitative estimate of drug-likeness (QED) is 0.679. The van der Waals surface area contributed by atoms with E-state index in [-0.39, 0.29) is 11.5 Å². The van der Waals surface area contributed by atoms with E-state index in [4.69, 9.17) is 0 Å². The van der Waals surface area contributed by atoms with Crippen molar-refractivity contribution in [3.05, 3.63) is 32.5 Å². The molecule has 0 spiro atoms. The van der Waals surface area contributed by atoms with Gasteiger partial charge >= 0.3 is 5.97 Å². The molecule has 0 unspecified atom stereocenters. The Morgan fingerprint density at radius 2 is 2.20 bits per heavy atom. The van der Waals surface area contributed by atoms with Gasteiger partial charge in [0.1, 0.15) is 4.88 Å². The van der Waals surface area contributed by atoms with Crippen molar-refractivity contribution < 1.29 is 14.3 Å². The molecule has 7 heteroatoms. The summed E-state index contributed by atoms with van der Waals surface area (Å²) in [6.07, 6.45) is 0. The average molecular weight is 310 g/mol. The third-order valence-corrected chi connectivity index (χ3v) is 4.83. The Labute approximate surface area is 124 Å². The van der Waals surface area contributed by atoms with Gasteiger partial charge in [0.2, 0.25) is 0 Å². The number of anilines is 1. The van der Waals surface area contributed by atoms with Crippen molar-refractivity contribution in [1.29, 1.82) is 0 Å². The maximum Gasteiger partial charge on any atom is 0.358 e. The maximum absolute atomic E-state index is 11.6. The van der Waals surface area contributed by atoms with Gasteiger partial charge in [-0.3, -0.25) is 4.79 Å². The molecule has 0 radical (unpaired) electrons. The van der Waals surface area contributed by atoms with Crippen LogP contribution in [0.15, 0.2) is 11.4 Å². The van der Waals surface area contributed by atoms with Crippen LogP contribution < -0.4 is 5.32 Å². The van der Waals surface area contributed by atoms with Crippen molar-refractivity contribution in [2.75, 3.05) is 12.4 Å². The van der Waals surface area contributed by atoms with Crippen LogP contribution in [0.2, 0.25) is 0 Å². The molecule has 106 valence electrons. The number of methoxy groups -OCH3 is 1. The fraction of sp³-hybridized carbons (Fsp3) is 0.308. The van der Waals surface area contributed by atoms with Crippen LogP contribution in [0.5, 0.6) is 0 Å². The zero-order chi connectivity index (χ0) is 14.7. The van der Waals surface area contributed by atoms with E-state index < -0.39 is 5.97 Å². The first-order valence-corrected chi connectivity index (χ1v) is 7.59. The molecule has 2 heterocycles. The summed E-state index contributed by atoms with van der Waals surface area (Å²) in [6.45, 7) is 4.07. The lowest BCUT2D eigenvalue weighted by Crippen LogP contribution is -2.07. The van der Waals surface area contributed by atoms with E-state index in [1.54, 1.807) is 11.3 Å². The first-order chi connectivity index (χ1) is 9.52. The van der Waals surface area contributed by atoms with E-state index in [1.807, 2.05) is 18.4 Å². The minimum Gasteiger partial charge on any atom is -0.464 e. The number of hydrogen-bond donors (Lipinski definition) is 1. The van der Waals surface area contributed by atoms with Crippen LogP contribution in [0.1, 0.15) is 37.5 Å². The number of nitrogens with one attached hydrogen (secondary N) is 1. The molecule has 0 amide bonds. The van der Waals surface area contributed by atoms with Gasteiger partial charge in [-0.1, -0.05) is 11.3 Å². The van der Waals surface area contributed by atoms with Crippen LogP contribution in [-0.2, 0) is 11.3 Å². The third-order valence-electron chi connectivity index (χ3n) is 2.69. The monoisotopic (exact) mass is 310 g/mol. The number of carbonyl (C=O) groups excluding carboxylic acids is 2. The van der Waals surface area contributed by atoms with Crippen LogP contribution in [-0.4, -0.2) is 23.8 Å². The predicted molar refractivity (Wildman–Crippen MR) is 79.8 cm³/mol. The number of nitrogens with zero attached hydrogens (tertiary/aromatic N) is 1. The molecule has 2 aromatic heterocycles. The lowest BCUT2D eigenvalue weighted by Gasteiger charge is -2.00. The maximum atomic E-state index is 11.6. The van der Waals surface area contributed by atoms with E-state index >= 15 is 0 Å². The van der Waals surface area contributed by atoms with Gasteiger partial charge in [-0.25, -0.2) is 9.78 Å². The number of thiophene rings is 1. The second kappa shape index (κ2) is 6.15.